The van der Waals surface area contributed by atoms with Crippen LogP contribution in [-0.2, 0) is 0 Å². The van der Waals surface area contributed by atoms with Crippen LogP contribution in [0.15, 0.2) is 71.8 Å². The molecule has 0 bridgehead atoms. The molecule has 4 rings (SSSR count). The summed E-state index contributed by atoms with van der Waals surface area (Å²) < 4.78 is 8.73. The van der Waals surface area contributed by atoms with Gasteiger partial charge in [-0.05, 0) is 31.2 Å². The maximum Gasteiger partial charge on any atom is 0.298 e. The van der Waals surface area contributed by atoms with E-state index >= 15 is 0 Å². The van der Waals surface area contributed by atoms with Crippen LogP contribution in [0, 0.1) is 6.92 Å². The van der Waals surface area contributed by atoms with Crippen LogP contribution in [0.5, 0.6) is 5.75 Å². The van der Waals surface area contributed by atoms with Gasteiger partial charge in [-0.1, -0.05) is 30.3 Å². The van der Waals surface area contributed by atoms with Crippen molar-refractivity contribution in [1.29, 1.82) is 0 Å². The molecule has 25 heavy (non-hydrogen) atoms. The minimum Gasteiger partial charge on any atom is -0.497 e. The first-order chi connectivity index (χ1) is 12.2. The zero-order valence-electron chi connectivity index (χ0n) is 14.0. The lowest BCUT2D eigenvalue weighted by molar-refractivity contribution is 0.414. The Labute approximate surface area is 144 Å². The van der Waals surface area contributed by atoms with Crippen molar-refractivity contribution >= 4 is 5.65 Å². The predicted octanol–water partition coefficient (Wildman–Crippen LogP) is 3.47. The fourth-order valence-corrected chi connectivity index (χ4v) is 2.99. The molecule has 2 aromatic heterocycles. The van der Waals surface area contributed by atoms with E-state index in [-0.39, 0.29) is 5.56 Å². The average molecular weight is 331 g/mol. The molecule has 5 nitrogen and oxygen atoms in total. The Morgan fingerprint density at radius 2 is 1.72 bits per heavy atom. The van der Waals surface area contributed by atoms with E-state index in [1.807, 2.05) is 72.1 Å². The number of hydrogen-bond donors (Lipinski definition) is 0. The Bertz CT molecular complexity index is 1090. The molecule has 0 saturated heterocycles. The fraction of sp³-hybridized carbons (Fsp3) is 0.100. The van der Waals surface area contributed by atoms with E-state index in [9.17, 15) is 4.79 Å². The van der Waals surface area contributed by atoms with Crippen LogP contribution in [0.4, 0.5) is 0 Å². The molecule has 0 unspecified atom stereocenters. The van der Waals surface area contributed by atoms with Crippen LogP contribution in [0.25, 0.3) is 22.6 Å². The van der Waals surface area contributed by atoms with Crippen molar-refractivity contribution < 1.29 is 4.74 Å². The SMILES string of the molecule is COc1ccc(-n2cc(-c3ccccc3)n3c(C)cnc3c2=O)cc1. The Morgan fingerprint density at radius 1 is 1.00 bits per heavy atom. The van der Waals surface area contributed by atoms with Crippen LogP contribution in [-0.4, -0.2) is 21.1 Å². The van der Waals surface area contributed by atoms with E-state index in [0.29, 0.717) is 5.65 Å². The molecule has 0 N–H and O–H groups in total. The maximum absolute atomic E-state index is 12.9. The first-order valence-corrected chi connectivity index (χ1v) is 7.98. The van der Waals surface area contributed by atoms with Gasteiger partial charge in [-0.15, -0.1) is 0 Å². The molecule has 2 heterocycles. The summed E-state index contributed by atoms with van der Waals surface area (Å²) in [4.78, 5) is 17.3. The summed E-state index contributed by atoms with van der Waals surface area (Å²) in [5, 5.41) is 0. The smallest absolute Gasteiger partial charge is 0.298 e. The second kappa shape index (κ2) is 5.94. The Balaban J connectivity index is 2.03. The van der Waals surface area contributed by atoms with Crippen LogP contribution in [0.2, 0.25) is 0 Å². The quantitative estimate of drug-likeness (QED) is 0.577. The number of rotatable bonds is 3. The van der Waals surface area contributed by atoms with Crippen LogP contribution in [0.3, 0.4) is 0 Å². The van der Waals surface area contributed by atoms with Gasteiger partial charge in [0.25, 0.3) is 5.56 Å². The zero-order chi connectivity index (χ0) is 17.4. The number of hydrogen-bond acceptors (Lipinski definition) is 3. The third kappa shape index (κ3) is 2.50. The molecule has 0 saturated carbocycles. The first kappa shape index (κ1) is 15.2. The summed E-state index contributed by atoms with van der Waals surface area (Å²) in [6.45, 7) is 1.95. The van der Waals surface area contributed by atoms with Gasteiger partial charge in [-0.25, -0.2) is 4.98 Å². The van der Waals surface area contributed by atoms with Gasteiger partial charge in [0.1, 0.15) is 5.75 Å². The Morgan fingerprint density at radius 3 is 2.40 bits per heavy atom. The van der Waals surface area contributed by atoms with Crippen molar-refractivity contribution in [3.63, 3.8) is 0 Å². The van der Waals surface area contributed by atoms with E-state index in [1.54, 1.807) is 17.9 Å². The molecule has 4 aromatic rings. The maximum atomic E-state index is 12.9. The molecule has 0 radical (unpaired) electrons. The Kier molecular flexibility index (Phi) is 3.61. The summed E-state index contributed by atoms with van der Waals surface area (Å²) in [6, 6.07) is 17.4. The molecule has 0 spiro atoms. The molecule has 0 amide bonds. The topological polar surface area (TPSA) is 48.5 Å². The highest BCUT2D eigenvalue weighted by Crippen LogP contribution is 2.22. The average Bonchev–Trinajstić information content (AvgIpc) is 3.05. The highest BCUT2D eigenvalue weighted by atomic mass is 16.5. The number of ether oxygens (including phenoxy) is 1. The van der Waals surface area contributed by atoms with Crippen molar-refractivity contribution in [2.45, 2.75) is 6.92 Å². The number of fused-ring (bicyclic) bond motifs is 1. The Hall–Kier alpha value is -3.34. The molecule has 2 aromatic carbocycles. The van der Waals surface area contributed by atoms with E-state index in [4.69, 9.17) is 4.74 Å². The molecular weight excluding hydrogens is 314 g/mol. The lowest BCUT2D eigenvalue weighted by Crippen LogP contribution is -2.21. The molecule has 0 aliphatic rings. The summed E-state index contributed by atoms with van der Waals surface area (Å²) in [5.41, 5.74) is 3.89. The van der Waals surface area contributed by atoms with Gasteiger partial charge in [0, 0.05) is 29.3 Å². The van der Waals surface area contributed by atoms with Gasteiger partial charge in [0.2, 0.25) is 5.65 Å². The third-order valence-corrected chi connectivity index (χ3v) is 4.26. The zero-order valence-corrected chi connectivity index (χ0v) is 14.0. The highest BCUT2D eigenvalue weighted by molar-refractivity contribution is 5.64. The molecule has 0 aliphatic heterocycles. The van der Waals surface area contributed by atoms with E-state index in [2.05, 4.69) is 4.98 Å². The third-order valence-electron chi connectivity index (χ3n) is 4.26. The normalized spacial score (nSPS) is 11.0. The molecular formula is C20H17N3O2. The largest absolute Gasteiger partial charge is 0.497 e. The van der Waals surface area contributed by atoms with Crippen molar-refractivity contribution in [3.05, 3.63) is 83.0 Å². The van der Waals surface area contributed by atoms with Gasteiger partial charge in [0.15, 0.2) is 0 Å². The molecule has 0 fully saturated rings. The molecule has 5 heteroatoms. The minimum atomic E-state index is -0.155. The summed E-state index contributed by atoms with van der Waals surface area (Å²) in [5.74, 6) is 0.748. The van der Waals surface area contributed by atoms with Gasteiger partial charge < -0.3 is 4.74 Å². The lowest BCUT2D eigenvalue weighted by Gasteiger charge is -2.13. The van der Waals surface area contributed by atoms with Gasteiger partial charge in [0.05, 0.1) is 12.8 Å². The number of aryl methyl sites for hydroxylation is 1. The van der Waals surface area contributed by atoms with Gasteiger partial charge >= 0.3 is 0 Å². The number of aromatic nitrogens is 3. The van der Waals surface area contributed by atoms with E-state index < -0.39 is 0 Å². The molecule has 0 aliphatic carbocycles. The van der Waals surface area contributed by atoms with Gasteiger partial charge in [-0.2, -0.15) is 0 Å². The summed E-state index contributed by atoms with van der Waals surface area (Å²) in [6.07, 6.45) is 3.59. The van der Waals surface area contributed by atoms with E-state index in [1.165, 1.54) is 0 Å². The monoisotopic (exact) mass is 331 g/mol. The lowest BCUT2D eigenvalue weighted by atomic mass is 10.1. The highest BCUT2D eigenvalue weighted by Gasteiger charge is 2.14. The second-order valence-corrected chi connectivity index (χ2v) is 5.81. The first-order valence-electron chi connectivity index (χ1n) is 7.98. The van der Waals surface area contributed by atoms with Crippen molar-refractivity contribution in [2.24, 2.45) is 0 Å². The second-order valence-electron chi connectivity index (χ2n) is 5.81. The van der Waals surface area contributed by atoms with Crippen molar-refractivity contribution in [2.75, 3.05) is 7.11 Å². The summed E-state index contributed by atoms with van der Waals surface area (Å²) in [7, 11) is 1.62. The fourth-order valence-electron chi connectivity index (χ4n) is 2.99. The standard InChI is InChI=1S/C20H17N3O2/c1-14-12-21-19-20(24)22(16-8-10-17(25-2)11-9-16)13-18(23(14)19)15-6-4-3-5-7-15/h3-13H,1-2H3. The number of methoxy groups -OCH3 is 1. The van der Waals surface area contributed by atoms with Crippen LogP contribution >= 0.6 is 0 Å². The van der Waals surface area contributed by atoms with E-state index in [0.717, 1.165) is 28.4 Å². The van der Waals surface area contributed by atoms with Crippen LogP contribution < -0.4 is 10.3 Å². The summed E-state index contributed by atoms with van der Waals surface area (Å²) >= 11 is 0. The predicted molar refractivity (Wildman–Crippen MR) is 97.5 cm³/mol. The number of benzene rings is 2. The number of imidazole rings is 1. The van der Waals surface area contributed by atoms with Crippen LogP contribution in [0.1, 0.15) is 5.69 Å². The molecule has 124 valence electrons. The van der Waals surface area contributed by atoms with Crippen molar-refractivity contribution in [3.8, 4) is 22.7 Å². The van der Waals surface area contributed by atoms with Crippen molar-refractivity contribution in [1.82, 2.24) is 14.0 Å². The van der Waals surface area contributed by atoms with Gasteiger partial charge in [-0.3, -0.25) is 13.8 Å². The number of nitrogens with zero attached hydrogens (tertiary/aromatic N) is 3. The molecule has 0 atom stereocenters. The minimum absolute atomic E-state index is 0.155.